The van der Waals surface area contributed by atoms with E-state index in [0.717, 1.165) is 30.8 Å². The predicted octanol–water partition coefficient (Wildman–Crippen LogP) is 2.99. The summed E-state index contributed by atoms with van der Waals surface area (Å²) in [6.45, 7) is 1.57. The Morgan fingerprint density at radius 3 is 2.65 bits per heavy atom. The van der Waals surface area contributed by atoms with Gasteiger partial charge in [0.15, 0.2) is 5.78 Å². The van der Waals surface area contributed by atoms with Crippen LogP contribution in [0.25, 0.3) is 0 Å². The Kier molecular flexibility index (Phi) is 3.32. The molecule has 20 heavy (non-hydrogen) atoms. The van der Waals surface area contributed by atoms with Crippen molar-refractivity contribution in [3.05, 3.63) is 70.3 Å². The van der Waals surface area contributed by atoms with E-state index in [1.54, 1.807) is 6.07 Å². The first-order chi connectivity index (χ1) is 9.63. The molecule has 3 rings (SSSR count). The summed E-state index contributed by atoms with van der Waals surface area (Å²) in [5.74, 6) is -1.48. The fourth-order valence-corrected chi connectivity index (χ4v) is 2.41. The number of nitrogens with one attached hydrogen (secondary N) is 1. The highest BCUT2D eigenvalue weighted by Gasteiger charge is 2.15. The lowest BCUT2D eigenvalue weighted by atomic mass is 9.99. The van der Waals surface area contributed by atoms with Crippen LogP contribution in [0.4, 0.5) is 8.78 Å². The van der Waals surface area contributed by atoms with Crippen LogP contribution in [0, 0.1) is 11.6 Å². The Hall–Kier alpha value is -2.07. The number of hydrogen-bond donors (Lipinski definition) is 1. The zero-order chi connectivity index (χ0) is 14.1. The zero-order valence-corrected chi connectivity index (χ0v) is 10.7. The Labute approximate surface area is 115 Å². The second kappa shape index (κ2) is 5.13. The predicted molar refractivity (Wildman–Crippen MR) is 71.4 cm³/mol. The van der Waals surface area contributed by atoms with Crippen molar-refractivity contribution in [2.24, 2.45) is 0 Å². The van der Waals surface area contributed by atoms with E-state index in [9.17, 15) is 13.6 Å². The molecule has 2 aromatic rings. The number of fused-ring (bicyclic) bond motifs is 1. The first-order valence-electron chi connectivity index (χ1n) is 6.43. The molecule has 1 aliphatic rings. The third-order valence-electron chi connectivity index (χ3n) is 3.53. The van der Waals surface area contributed by atoms with E-state index in [1.165, 1.54) is 11.6 Å². The number of Topliss-reactive ketones (excluding diaryl/α,β-unsaturated/α-hetero) is 1. The molecule has 0 unspecified atom stereocenters. The van der Waals surface area contributed by atoms with Gasteiger partial charge in [0.1, 0.15) is 11.6 Å². The molecule has 0 aromatic heterocycles. The highest BCUT2D eigenvalue weighted by Crippen LogP contribution is 2.19. The molecule has 2 aromatic carbocycles. The summed E-state index contributed by atoms with van der Waals surface area (Å²) in [5.41, 5.74) is 3.08. The largest absolute Gasteiger partial charge is 0.309 e. The molecule has 0 atom stereocenters. The van der Waals surface area contributed by atoms with E-state index in [-0.39, 0.29) is 17.8 Å². The highest BCUT2D eigenvalue weighted by molar-refractivity contribution is 5.97. The van der Waals surface area contributed by atoms with Crippen molar-refractivity contribution >= 4 is 5.78 Å². The number of hydrogen-bond acceptors (Lipinski definition) is 2. The van der Waals surface area contributed by atoms with Crippen LogP contribution in [0.5, 0.6) is 0 Å². The third-order valence-corrected chi connectivity index (χ3v) is 3.53. The van der Waals surface area contributed by atoms with Gasteiger partial charge in [-0.2, -0.15) is 0 Å². The molecule has 2 nitrogen and oxygen atoms in total. The summed E-state index contributed by atoms with van der Waals surface area (Å²) in [6.07, 6.45) is -0.0572. The van der Waals surface area contributed by atoms with Gasteiger partial charge in [0, 0.05) is 31.1 Å². The van der Waals surface area contributed by atoms with E-state index < -0.39 is 11.6 Å². The first kappa shape index (κ1) is 12.9. The molecule has 1 N–H and O–H groups in total. The van der Waals surface area contributed by atoms with Crippen LogP contribution < -0.4 is 5.32 Å². The quantitative estimate of drug-likeness (QED) is 0.871. The summed E-state index contributed by atoms with van der Waals surface area (Å²) in [7, 11) is 0. The van der Waals surface area contributed by atoms with Gasteiger partial charge >= 0.3 is 0 Å². The standard InChI is InChI=1S/C16H13F2NO/c17-14-4-3-10(15(18)7-14)6-16(20)11-1-2-12-8-19-9-13(12)5-11/h1-5,7,19H,6,8-9H2. The molecule has 0 saturated heterocycles. The molecule has 0 fully saturated rings. The van der Waals surface area contributed by atoms with Crippen LogP contribution in [0.2, 0.25) is 0 Å². The number of carbonyl (C=O) groups excluding carboxylic acids is 1. The van der Waals surface area contributed by atoms with E-state index in [2.05, 4.69) is 5.32 Å². The van der Waals surface area contributed by atoms with Crippen molar-refractivity contribution in [1.29, 1.82) is 0 Å². The molecule has 0 saturated carbocycles. The first-order valence-corrected chi connectivity index (χ1v) is 6.43. The summed E-state index contributed by atoms with van der Waals surface area (Å²) in [4.78, 5) is 12.2. The fraction of sp³-hybridized carbons (Fsp3) is 0.188. The minimum atomic E-state index is -0.679. The molecular weight excluding hydrogens is 260 g/mol. The molecule has 0 bridgehead atoms. The Balaban J connectivity index is 1.82. The number of halogens is 2. The monoisotopic (exact) mass is 273 g/mol. The summed E-state index contributed by atoms with van der Waals surface area (Å²) in [5, 5.41) is 3.21. The van der Waals surface area contributed by atoms with Crippen molar-refractivity contribution in [2.75, 3.05) is 0 Å². The molecular formula is C16H13F2NO. The maximum absolute atomic E-state index is 13.5. The van der Waals surface area contributed by atoms with Crippen molar-refractivity contribution in [1.82, 2.24) is 5.32 Å². The van der Waals surface area contributed by atoms with E-state index in [0.29, 0.717) is 5.56 Å². The highest BCUT2D eigenvalue weighted by atomic mass is 19.1. The average molecular weight is 273 g/mol. The van der Waals surface area contributed by atoms with Gasteiger partial charge in [-0.3, -0.25) is 4.79 Å². The second-order valence-electron chi connectivity index (χ2n) is 4.92. The average Bonchev–Trinajstić information content (AvgIpc) is 2.89. The van der Waals surface area contributed by atoms with Crippen LogP contribution in [0.15, 0.2) is 36.4 Å². The van der Waals surface area contributed by atoms with Crippen LogP contribution in [0.1, 0.15) is 27.0 Å². The molecule has 0 radical (unpaired) electrons. The topological polar surface area (TPSA) is 29.1 Å². The number of ketones is 1. The van der Waals surface area contributed by atoms with Gasteiger partial charge in [0.25, 0.3) is 0 Å². The molecule has 1 aliphatic heterocycles. The Morgan fingerprint density at radius 2 is 1.85 bits per heavy atom. The summed E-state index contributed by atoms with van der Waals surface area (Å²) in [6, 6.07) is 8.81. The molecule has 0 amide bonds. The van der Waals surface area contributed by atoms with E-state index >= 15 is 0 Å². The minimum Gasteiger partial charge on any atom is -0.309 e. The molecule has 1 heterocycles. The molecule has 0 aliphatic carbocycles. The number of rotatable bonds is 3. The number of carbonyl (C=O) groups is 1. The van der Waals surface area contributed by atoms with E-state index in [1.807, 2.05) is 12.1 Å². The zero-order valence-electron chi connectivity index (χ0n) is 10.7. The van der Waals surface area contributed by atoms with Gasteiger partial charge in [0.2, 0.25) is 0 Å². The van der Waals surface area contributed by atoms with Crippen LogP contribution in [-0.2, 0) is 19.5 Å². The Bertz CT molecular complexity index is 682. The molecule has 102 valence electrons. The lowest BCUT2D eigenvalue weighted by Gasteiger charge is -2.05. The van der Waals surface area contributed by atoms with Gasteiger partial charge < -0.3 is 5.32 Å². The van der Waals surface area contributed by atoms with Crippen molar-refractivity contribution in [3.63, 3.8) is 0 Å². The van der Waals surface area contributed by atoms with Gasteiger partial charge in [0.05, 0.1) is 0 Å². The van der Waals surface area contributed by atoms with Gasteiger partial charge in [-0.25, -0.2) is 8.78 Å². The summed E-state index contributed by atoms with van der Waals surface area (Å²) < 4.78 is 26.4. The Morgan fingerprint density at radius 1 is 1.05 bits per heavy atom. The second-order valence-corrected chi connectivity index (χ2v) is 4.92. The third kappa shape index (κ3) is 2.47. The van der Waals surface area contributed by atoms with Crippen LogP contribution in [-0.4, -0.2) is 5.78 Å². The van der Waals surface area contributed by atoms with Gasteiger partial charge in [-0.15, -0.1) is 0 Å². The maximum atomic E-state index is 13.5. The van der Waals surface area contributed by atoms with Gasteiger partial charge in [-0.1, -0.05) is 18.2 Å². The smallest absolute Gasteiger partial charge is 0.167 e. The van der Waals surface area contributed by atoms with Crippen molar-refractivity contribution in [3.8, 4) is 0 Å². The summed E-state index contributed by atoms with van der Waals surface area (Å²) >= 11 is 0. The minimum absolute atomic E-state index is 0.0572. The SMILES string of the molecule is O=C(Cc1ccc(F)cc1F)c1ccc2c(c1)CNC2. The van der Waals surface area contributed by atoms with Crippen LogP contribution >= 0.6 is 0 Å². The van der Waals surface area contributed by atoms with Crippen LogP contribution in [0.3, 0.4) is 0 Å². The normalized spacial score (nSPS) is 13.3. The molecule has 0 spiro atoms. The lowest BCUT2D eigenvalue weighted by molar-refractivity contribution is 0.0991. The van der Waals surface area contributed by atoms with Crippen molar-refractivity contribution in [2.45, 2.75) is 19.5 Å². The fourth-order valence-electron chi connectivity index (χ4n) is 2.41. The number of benzene rings is 2. The maximum Gasteiger partial charge on any atom is 0.167 e. The van der Waals surface area contributed by atoms with Crippen molar-refractivity contribution < 1.29 is 13.6 Å². The molecule has 4 heteroatoms. The van der Waals surface area contributed by atoms with E-state index in [4.69, 9.17) is 0 Å². The lowest BCUT2D eigenvalue weighted by Crippen LogP contribution is -2.06. The van der Waals surface area contributed by atoms with Gasteiger partial charge in [-0.05, 0) is 28.8 Å².